The van der Waals surface area contributed by atoms with Crippen LogP contribution in [0.4, 0.5) is 0 Å². The summed E-state index contributed by atoms with van der Waals surface area (Å²) in [6.45, 7) is 1.81. The van der Waals surface area contributed by atoms with E-state index in [2.05, 4.69) is 0 Å². The van der Waals surface area contributed by atoms with Crippen LogP contribution in [0.25, 0.3) is 0 Å². The van der Waals surface area contributed by atoms with Crippen molar-refractivity contribution in [1.29, 1.82) is 0 Å². The zero-order valence-corrected chi connectivity index (χ0v) is 11.8. The number of hydrogen-bond acceptors (Lipinski definition) is 5. The Kier molecular flexibility index (Phi) is 4.81. The van der Waals surface area contributed by atoms with Gasteiger partial charge in [0.05, 0.1) is 24.0 Å². The second kappa shape index (κ2) is 6.19. The minimum Gasteiger partial charge on any atom is -0.481 e. The average Bonchev–Trinajstić information content (AvgIpc) is 2.33. The fourth-order valence-electron chi connectivity index (χ4n) is 2.76. The van der Waals surface area contributed by atoms with Crippen molar-refractivity contribution in [2.75, 3.05) is 31.2 Å². The van der Waals surface area contributed by atoms with Gasteiger partial charge in [-0.25, -0.2) is 8.42 Å². The summed E-state index contributed by atoms with van der Waals surface area (Å²) in [6, 6.07) is -0.415. The number of carbonyl (C=O) groups is 1. The number of rotatable bonds is 4. The Labute approximate surface area is 113 Å². The monoisotopic (exact) mass is 291 g/mol. The summed E-state index contributed by atoms with van der Waals surface area (Å²) in [5, 5.41) is 8.91. The normalized spacial score (nSPS) is 32.0. The van der Waals surface area contributed by atoms with Gasteiger partial charge in [-0.2, -0.15) is 0 Å². The van der Waals surface area contributed by atoms with Crippen molar-refractivity contribution >= 4 is 15.8 Å². The summed E-state index contributed by atoms with van der Waals surface area (Å²) in [5.41, 5.74) is 0. The standard InChI is InChI=1S/C12H21NO5S/c14-12(15)7-10-9-19(16,17)6-4-13(10)8-11-3-1-2-5-18-11/h10-11H,1-9H2,(H,14,15). The first-order valence-electron chi connectivity index (χ1n) is 6.74. The third-order valence-corrected chi connectivity index (χ3v) is 5.47. The summed E-state index contributed by atoms with van der Waals surface area (Å²) < 4.78 is 28.9. The van der Waals surface area contributed by atoms with Crippen LogP contribution < -0.4 is 0 Å². The van der Waals surface area contributed by atoms with Crippen LogP contribution in [0, 0.1) is 0 Å². The van der Waals surface area contributed by atoms with E-state index in [0.29, 0.717) is 13.1 Å². The van der Waals surface area contributed by atoms with E-state index < -0.39 is 21.8 Å². The van der Waals surface area contributed by atoms with E-state index in [1.807, 2.05) is 4.90 Å². The highest BCUT2D eigenvalue weighted by atomic mass is 32.2. The van der Waals surface area contributed by atoms with Gasteiger partial charge in [-0.05, 0) is 19.3 Å². The molecule has 2 fully saturated rings. The maximum Gasteiger partial charge on any atom is 0.304 e. The number of carboxylic acid groups (broad SMARTS) is 1. The van der Waals surface area contributed by atoms with Crippen LogP contribution in [-0.2, 0) is 19.4 Å². The van der Waals surface area contributed by atoms with Gasteiger partial charge < -0.3 is 9.84 Å². The zero-order chi connectivity index (χ0) is 13.9. The third kappa shape index (κ3) is 4.43. The average molecular weight is 291 g/mol. The van der Waals surface area contributed by atoms with Gasteiger partial charge in [0.15, 0.2) is 9.84 Å². The number of nitrogens with zero attached hydrogens (tertiary/aromatic N) is 1. The van der Waals surface area contributed by atoms with Crippen molar-refractivity contribution in [1.82, 2.24) is 4.90 Å². The number of carboxylic acids is 1. The fraction of sp³-hybridized carbons (Fsp3) is 0.917. The SMILES string of the molecule is O=C(O)CC1CS(=O)(=O)CCN1CC1CCCCO1. The van der Waals surface area contributed by atoms with Crippen molar-refractivity contribution in [3.63, 3.8) is 0 Å². The molecule has 0 aliphatic carbocycles. The molecule has 0 saturated carbocycles. The Balaban J connectivity index is 1.97. The van der Waals surface area contributed by atoms with E-state index >= 15 is 0 Å². The molecule has 2 atom stereocenters. The van der Waals surface area contributed by atoms with Crippen LogP contribution in [0.2, 0.25) is 0 Å². The Morgan fingerprint density at radius 2 is 2.16 bits per heavy atom. The third-order valence-electron chi connectivity index (χ3n) is 3.77. The number of ether oxygens (including phenoxy) is 1. The maximum atomic E-state index is 11.6. The lowest BCUT2D eigenvalue weighted by Crippen LogP contribution is -2.52. The maximum absolute atomic E-state index is 11.6. The molecule has 0 amide bonds. The molecular weight excluding hydrogens is 270 g/mol. The first-order valence-corrected chi connectivity index (χ1v) is 8.56. The smallest absolute Gasteiger partial charge is 0.304 e. The van der Waals surface area contributed by atoms with Crippen LogP contribution in [0.3, 0.4) is 0 Å². The van der Waals surface area contributed by atoms with E-state index in [9.17, 15) is 13.2 Å². The van der Waals surface area contributed by atoms with Gasteiger partial charge >= 0.3 is 5.97 Å². The van der Waals surface area contributed by atoms with E-state index in [-0.39, 0.29) is 24.0 Å². The number of hydrogen-bond donors (Lipinski definition) is 1. The number of sulfone groups is 1. The predicted octanol–water partition coefficient (Wildman–Crippen LogP) is 0.129. The van der Waals surface area contributed by atoms with Crippen LogP contribution in [-0.4, -0.2) is 67.7 Å². The molecule has 7 heteroatoms. The van der Waals surface area contributed by atoms with Gasteiger partial charge in [0.2, 0.25) is 0 Å². The van der Waals surface area contributed by atoms with E-state index in [4.69, 9.17) is 9.84 Å². The molecule has 19 heavy (non-hydrogen) atoms. The largest absolute Gasteiger partial charge is 0.481 e. The molecule has 1 N–H and O–H groups in total. The van der Waals surface area contributed by atoms with Crippen molar-refractivity contribution in [3.05, 3.63) is 0 Å². The van der Waals surface area contributed by atoms with E-state index in [0.717, 1.165) is 25.9 Å². The molecule has 0 radical (unpaired) electrons. The van der Waals surface area contributed by atoms with Crippen LogP contribution in [0.15, 0.2) is 0 Å². The Bertz CT molecular complexity index is 416. The lowest BCUT2D eigenvalue weighted by atomic mass is 10.1. The van der Waals surface area contributed by atoms with E-state index in [1.165, 1.54) is 0 Å². The highest BCUT2D eigenvalue weighted by molar-refractivity contribution is 7.91. The lowest BCUT2D eigenvalue weighted by Gasteiger charge is -2.37. The molecule has 0 aromatic carbocycles. The van der Waals surface area contributed by atoms with Crippen LogP contribution in [0.1, 0.15) is 25.7 Å². The Morgan fingerprint density at radius 1 is 1.37 bits per heavy atom. The topological polar surface area (TPSA) is 83.9 Å². The molecule has 2 aliphatic heterocycles. The fourth-order valence-corrected chi connectivity index (χ4v) is 4.36. The Morgan fingerprint density at radius 3 is 2.79 bits per heavy atom. The first-order chi connectivity index (χ1) is 8.96. The molecule has 2 heterocycles. The highest BCUT2D eigenvalue weighted by Gasteiger charge is 2.34. The summed E-state index contributed by atoms with van der Waals surface area (Å²) >= 11 is 0. The van der Waals surface area contributed by atoms with Gasteiger partial charge in [-0.3, -0.25) is 9.69 Å². The minimum absolute atomic E-state index is 0.0496. The van der Waals surface area contributed by atoms with Crippen LogP contribution >= 0.6 is 0 Å². The molecule has 0 bridgehead atoms. The van der Waals surface area contributed by atoms with Gasteiger partial charge in [0.1, 0.15) is 0 Å². The zero-order valence-electron chi connectivity index (χ0n) is 11.0. The van der Waals surface area contributed by atoms with Gasteiger partial charge in [0, 0.05) is 25.7 Å². The van der Waals surface area contributed by atoms with Crippen molar-refractivity contribution < 1.29 is 23.1 Å². The molecule has 2 saturated heterocycles. The van der Waals surface area contributed by atoms with Gasteiger partial charge in [0.25, 0.3) is 0 Å². The molecule has 0 aromatic rings. The molecule has 2 rings (SSSR count). The minimum atomic E-state index is -3.10. The first kappa shape index (κ1) is 14.7. The van der Waals surface area contributed by atoms with E-state index in [1.54, 1.807) is 0 Å². The molecular formula is C12H21NO5S. The van der Waals surface area contributed by atoms with Crippen molar-refractivity contribution in [2.24, 2.45) is 0 Å². The van der Waals surface area contributed by atoms with Crippen molar-refractivity contribution in [2.45, 2.75) is 37.8 Å². The summed E-state index contributed by atoms with van der Waals surface area (Å²) in [5.74, 6) is -0.876. The highest BCUT2D eigenvalue weighted by Crippen LogP contribution is 2.19. The number of aliphatic carboxylic acids is 1. The van der Waals surface area contributed by atoms with Gasteiger partial charge in [-0.15, -0.1) is 0 Å². The quantitative estimate of drug-likeness (QED) is 0.792. The van der Waals surface area contributed by atoms with Crippen LogP contribution in [0.5, 0.6) is 0 Å². The second-order valence-corrected chi connectivity index (χ2v) is 7.58. The molecule has 0 aromatic heterocycles. The molecule has 0 spiro atoms. The summed E-state index contributed by atoms with van der Waals surface area (Å²) in [4.78, 5) is 12.8. The molecule has 110 valence electrons. The predicted molar refractivity (Wildman–Crippen MR) is 69.9 cm³/mol. The second-order valence-electron chi connectivity index (χ2n) is 5.35. The summed E-state index contributed by atoms with van der Waals surface area (Å²) in [6.07, 6.45) is 3.17. The van der Waals surface area contributed by atoms with Crippen molar-refractivity contribution in [3.8, 4) is 0 Å². The summed E-state index contributed by atoms with van der Waals surface area (Å²) in [7, 11) is -3.10. The van der Waals surface area contributed by atoms with Gasteiger partial charge in [-0.1, -0.05) is 0 Å². The lowest BCUT2D eigenvalue weighted by molar-refractivity contribution is -0.138. The Hall–Kier alpha value is -0.660. The molecule has 2 unspecified atom stereocenters. The molecule has 6 nitrogen and oxygen atoms in total. The molecule has 2 aliphatic rings.